The first kappa shape index (κ1) is 14.9. The molecule has 0 aromatic carbocycles. The van der Waals surface area contributed by atoms with Crippen molar-refractivity contribution in [1.29, 1.82) is 0 Å². The minimum Gasteiger partial charge on any atom is -0.381 e. The van der Waals surface area contributed by atoms with Gasteiger partial charge in [0, 0.05) is 39.2 Å². The van der Waals surface area contributed by atoms with Gasteiger partial charge in [-0.05, 0) is 41.3 Å². The molecule has 18 heavy (non-hydrogen) atoms. The third kappa shape index (κ3) is 3.97. The van der Waals surface area contributed by atoms with Crippen LogP contribution < -0.4 is 5.73 Å². The molecule has 2 unspecified atom stereocenters. The molecule has 5 heteroatoms. The molecule has 0 bridgehead atoms. The maximum atomic E-state index is 6.31. The molecule has 2 N–H and O–H groups in total. The Hall–Kier alpha value is 0.450. The minimum atomic E-state index is 0.239. The topological polar surface area (TPSA) is 35.2 Å². The molecule has 0 aliphatic carbocycles. The van der Waals surface area contributed by atoms with Crippen LogP contribution in [0.5, 0.6) is 0 Å². The van der Waals surface area contributed by atoms with Crippen molar-refractivity contribution in [2.24, 2.45) is 5.73 Å². The first-order valence-electron chi connectivity index (χ1n) is 6.43. The quantitative estimate of drug-likeness (QED) is 0.864. The fraction of sp³-hybridized carbons (Fsp3) is 0.692. The Morgan fingerprint density at radius 3 is 2.83 bits per heavy atom. The third-order valence-electron chi connectivity index (χ3n) is 3.24. The summed E-state index contributed by atoms with van der Waals surface area (Å²) in [6.45, 7) is 3.98. The molecule has 0 amide bonds. The van der Waals surface area contributed by atoms with E-state index in [4.69, 9.17) is 10.5 Å². The molecule has 2 heterocycles. The Balaban J connectivity index is 2.04. The van der Waals surface area contributed by atoms with E-state index in [0.717, 1.165) is 32.5 Å². The lowest BCUT2D eigenvalue weighted by Crippen LogP contribution is -2.28. The standard InChI is InChI=1S/C13H20BrNOS2/c1-2-11(15)13(12-7-9(14)8-17-12)18-10-3-5-16-6-4-10/h7-8,10-11,13H,2-6,15H2,1H3. The molecule has 1 aromatic rings. The fourth-order valence-corrected chi connectivity index (χ4v) is 5.40. The summed E-state index contributed by atoms with van der Waals surface area (Å²) in [5.74, 6) is 0. The van der Waals surface area contributed by atoms with Crippen molar-refractivity contribution in [3.8, 4) is 0 Å². The van der Waals surface area contributed by atoms with Crippen LogP contribution in [0.15, 0.2) is 15.9 Å². The summed E-state index contributed by atoms with van der Waals surface area (Å²) < 4.78 is 6.60. The van der Waals surface area contributed by atoms with Crippen LogP contribution in [-0.2, 0) is 4.74 Å². The highest BCUT2D eigenvalue weighted by Crippen LogP contribution is 2.41. The second-order valence-electron chi connectivity index (χ2n) is 4.61. The van der Waals surface area contributed by atoms with E-state index in [0.29, 0.717) is 10.5 Å². The third-order valence-corrected chi connectivity index (χ3v) is 6.91. The molecule has 0 radical (unpaired) electrons. The van der Waals surface area contributed by atoms with Gasteiger partial charge in [0.1, 0.15) is 0 Å². The lowest BCUT2D eigenvalue weighted by atomic mass is 10.1. The Morgan fingerprint density at radius 1 is 1.56 bits per heavy atom. The van der Waals surface area contributed by atoms with Crippen molar-refractivity contribution in [3.63, 3.8) is 0 Å². The van der Waals surface area contributed by atoms with E-state index < -0.39 is 0 Å². The average Bonchev–Trinajstić information content (AvgIpc) is 2.83. The van der Waals surface area contributed by atoms with Crippen molar-refractivity contribution >= 4 is 39.0 Å². The van der Waals surface area contributed by atoms with Gasteiger partial charge in [-0.15, -0.1) is 23.1 Å². The highest BCUT2D eigenvalue weighted by atomic mass is 79.9. The first-order chi connectivity index (χ1) is 8.70. The van der Waals surface area contributed by atoms with Crippen LogP contribution >= 0.6 is 39.0 Å². The minimum absolute atomic E-state index is 0.239. The monoisotopic (exact) mass is 349 g/mol. The number of nitrogens with two attached hydrogens (primary N) is 1. The molecule has 0 saturated carbocycles. The second kappa shape index (κ2) is 7.29. The number of thiophene rings is 1. The van der Waals surface area contributed by atoms with Gasteiger partial charge >= 0.3 is 0 Å². The van der Waals surface area contributed by atoms with Crippen molar-refractivity contribution < 1.29 is 4.74 Å². The Labute approximate surface area is 126 Å². The van der Waals surface area contributed by atoms with Crippen LogP contribution in [0.4, 0.5) is 0 Å². The van der Waals surface area contributed by atoms with Crippen molar-refractivity contribution in [2.75, 3.05) is 13.2 Å². The van der Waals surface area contributed by atoms with Gasteiger partial charge < -0.3 is 10.5 Å². The largest absolute Gasteiger partial charge is 0.381 e. The van der Waals surface area contributed by atoms with Gasteiger partial charge in [0.15, 0.2) is 0 Å². The number of halogens is 1. The highest BCUT2D eigenvalue weighted by molar-refractivity contribution is 9.10. The summed E-state index contributed by atoms with van der Waals surface area (Å²) in [7, 11) is 0. The van der Waals surface area contributed by atoms with E-state index in [1.165, 1.54) is 9.35 Å². The molecule has 1 aliphatic rings. The molecule has 0 spiro atoms. The molecule has 1 aliphatic heterocycles. The number of rotatable bonds is 5. The lowest BCUT2D eigenvalue weighted by Gasteiger charge is -2.28. The van der Waals surface area contributed by atoms with Crippen molar-refractivity contribution in [2.45, 2.75) is 42.7 Å². The van der Waals surface area contributed by atoms with E-state index in [1.807, 2.05) is 23.1 Å². The average molecular weight is 350 g/mol. The summed E-state index contributed by atoms with van der Waals surface area (Å²) >= 11 is 7.40. The van der Waals surface area contributed by atoms with Gasteiger partial charge in [0.05, 0.1) is 5.25 Å². The Kier molecular flexibility index (Phi) is 6.01. The van der Waals surface area contributed by atoms with Crippen molar-refractivity contribution in [1.82, 2.24) is 0 Å². The molecule has 1 saturated heterocycles. The summed E-state index contributed by atoms with van der Waals surface area (Å²) in [6.07, 6.45) is 3.34. The van der Waals surface area contributed by atoms with Crippen LogP contribution in [0.25, 0.3) is 0 Å². The molecule has 2 atom stereocenters. The smallest absolute Gasteiger partial charge is 0.0545 e. The molecular weight excluding hydrogens is 330 g/mol. The maximum absolute atomic E-state index is 6.31. The number of thioether (sulfide) groups is 1. The molecule has 1 aromatic heterocycles. The van der Waals surface area contributed by atoms with Crippen LogP contribution in [0.3, 0.4) is 0 Å². The normalized spacial score (nSPS) is 20.8. The number of hydrogen-bond acceptors (Lipinski definition) is 4. The van der Waals surface area contributed by atoms with Gasteiger partial charge in [-0.2, -0.15) is 0 Å². The van der Waals surface area contributed by atoms with Crippen LogP contribution in [0, 0.1) is 0 Å². The summed E-state index contributed by atoms with van der Waals surface area (Å²) in [5.41, 5.74) is 6.31. The summed E-state index contributed by atoms with van der Waals surface area (Å²) in [6, 6.07) is 2.46. The van der Waals surface area contributed by atoms with Gasteiger partial charge in [-0.3, -0.25) is 0 Å². The molecule has 1 fully saturated rings. The van der Waals surface area contributed by atoms with Crippen LogP contribution in [0.2, 0.25) is 0 Å². The van der Waals surface area contributed by atoms with Crippen LogP contribution in [-0.4, -0.2) is 24.5 Å². The molecular formula is C13H20BrNOS2. The van der Waals surface area contributed by atoms with Gasteiger partial charge in [-0.1, -0.05) is 6.92 Å². The predicted molar refractivity (Wildman–Crippen MR) is 84.5 cm³/mol. The van der Waals surface area contributed by atoms with Crippen molar-refractivity contribution in [3.05, 3.63) is 20.8 Å². The van der Waals surface area contributed by atoms with E-state index in [1.54, 1.807) is 0 Å². The van der Waals surface area contributed by atoms with Crippen LogP contribution in [0.1, 0.15) is 36.3 Å². The van der Waals surface area contributed by atoms with E-state index in [9.17, 15) is 0 Å². The Bertz CT molecular complexity index is 366. The summed E-state index contributed by atoms with van der Waals surface area (Å²) in [5, 5.41) is 3.27. The molecule has 102 valence electrons. The summed E-state index contributed by atoms with van der Waals surface area (Å²) in [4.78, 5) is 1.40. The van der Waals surface area contributed by atoms with Gasteiger partial charge in [-0.25, -0.2) is 0 Å². The van der Waals surface area contributed by atoms with Gasteiger partial charge in [0.25, 0.3) is 0 Å². The molecule has 2 nitrogen and oxygen atoms in total. The lowest BCUT2D eigenvalue weighted by molar-refractivity contribution is 0.0999. The number of hydrogen-bond donors (Lipinski definition) is 1. The zero-order chi connectivity index (χ0) is 13.0. The molecule has 2 rings (SSSR count). The maximum Gasteiger partial charge on any atom is 0.0545 e. The van der Waals surface area contributed by atoms with Gasteiger partial charge in [0.2, 0.25) is 0 Å². The zero-order valence-corrected chi connectivity index (χ0v) is 13.8. The fourth-order valence-electron chi connectivity index (χ4n) is 2.09. The SMILES string of the molecule is CCC(N)C(SC1CCOCC1)c1cc(Br)cs1. The van der Waals surface area contributed by atoms with E-state index in [-0.39, 0.29) is 6.04 Å². The zero-order valence-electron chi connectivity index (χ0n) is 10.6. The second-order valence-corrected chi connectivity index (χ2v) is 7.91. The highest BCUT2D eigenvalue weighted by Gasteiger charge is 2.26. The van der Waals surface area contributed by atoms with E-state index in [2.05, 4.69) is 34.3 Å². The van der Waals surface area contributed by atoms with E-state index >= 15 is 0 Å². The Morgan fingerprint density at radius 2 is 2.28 bits per heavy atom. The first-order valence-corrected chi connectivity index (χ1v) is 9.05. The predicted octanol–water partition coefficient (Wildman–Crippen LogP) is 4.20. The number of ether oxygens (including phenoxy) is 1.